The van der Waals surface area contributed by atoms with Crippen molar-refractivity contribution in [2.24, 2.45) is 0 Å². The number of aromatic nitrogens is 3. The number of amides is 1. The van der Waals surface area contributed by atoms with Crippen LogP contribution in [-0.4, -0.2) is 26.6 Å². The summed E-state index contributed by atoms with van der Waals surface area (Å²) >= 11 is 7.58. The molecule has 0 aliphatic heterocycles. The van der Waals surface area contributed by atoms with Crippen LogP contribution in [0.5, 0.6) is 0 Å². The molecule has 0 bridgehead atoms. The predicted molar refractivity (Wildman–Crippen MR) is 104 cm³/mol. The second-order valence-corrected chi connectivity index (χ2v) is 7.15. The van der Waals surface area contributed by atoms with Gasteiger partial charge in [0.1, 0.15) is 11.4 Å². The highest BCUT2D eigenvalue weighted by Crippen LogP contribution is 2.23. The molecule has 0 saturated carbocycles. The molecule has 0 fully saturated rings. The van der Waals surface area contributed by atoms with E-state index >= 15 is 0 Å². The van der Waals surface area contributed by atoms with Crippen molar-refractivity contribution in [3.05, 3.63) is 63.6 Å². The zero-order valence-corrected chi connectivity index (χ0v) is 15.3. The Hall–Kier alpha value is -2.64. The van der Waals surface area contributed by atoms with Gasteiger partial charge in [-0.3, -0.25) is 14.2 Å². The fourth-order valence-corrected chi connectivity index (χ4v) is 3.87. The van der Waals surface area contributed by atoms with Crippen molar-refractivity contribution >= 4 is 50.0 Å². The number of hydrogen-bond donors (Lipinski definition) is 1. The largest absolute Gasteiger partial charge is 0.353 e. The van der Waals surface area contributed by atoms with Gasteiger partial charge in [-0.25, -0.2) is 4.98 Å². The molecule has 0 unspecified atom stereocenters. The molecule has 4 rings (SSSR count). The van der Waals surface area contributed by atoms with Gasteiger partial charge in [-0.1, -0.05) is 17.7 Å². The second-order valence-electron chi connectivity index (χ2n) is 5.85. The van der Waals surface area contributed by atoms with Crippen LogP contribution in [0.15, 0.2) is 53.0 Å². The molecular weight excluding hydrogens is 372 g/mol. The summed E-state index contributed by atoms with van der Waals surface area (Å²) in [5.74, 6) is -0.224. The van der Waals surface area contributed by atoms with E-state index in [4.69, 9.17) is 11.6 Å². The minimum atomic E-state index is -0.224. The Morgan fingerprint density at radius 2 is 2.08 bits per heavy atom. The summed E-state index contributed by atoms with van der Waals surface area (Å²) in [4.78, 5) is 29.3. The molecule has 3 heterocycles. The van der Waals surface area contributed by atoms with Gasteiger partial charge in [-0.15, -0.1) is 11.3 Å². The molecule has 0 radical (unpaired) electrons. The average molecular weight is 387 g/mol. The van der Waals surface area contributed by atoms with Gasteiger partial charge in [0.05, 0.1) is 11.7 Å². The summed E-state index contributed by atoms with van der Waals surface area (Å²) < 4.78 is 3.36. The summed E-state index contributed by atoms with van der Waals surface area (Å²) in [6, 6.07) is 9.43. The van der Waals surface area contributed by atoms with Crippen molar-refractivity contribution in [1.29, 1.82) is 0 Å². The molecule has 0 aliphatic carbocycles. The molecule has 0 aliphatic rings. The highest BCUT2D eigenvalue weighted by Gasteiger charge is 2.09. The van der Waals surface area contributed by atoms with E-state index < -0.39 is 0 Å². The minimum Gasteiger partial charge on any atom is -0.353 e. The molecule has 0 spiro atoms. The number of carbonyl (C=O) groups is 1. The topological polar surface area (TPSA) is 68.9 Å². The van der Waals surface area contributed by atoms with E-state index in [0.717, 1.165) is 10.9 Å². The zero-order chi connectivity index (χ0) is 18.1. The number of nitrogens with zero attached hydrogens (tertiary/aromatic N) is 3. The van der Waals surface area contributed by atoms with Crippen LogP contribution >= 0.6 is 22.9 Å². The fraction of sp³-hybridized carbons (Fsp3) is 0.167. The van der Waals surface area contributed by atoms with E-state index in [9.17, 15) is 9.59 Å². The molecule has 4 aromatic rings. The molecule has 8 heteroatoms. The van der Waals surface area contributed by atoms with E-state index in [2.05, 4.69) is 10.3 Å². The molecule has 1 amide bonds. The van der Waals surface area contributed by atoms with Crippen LogP contribution in [0.4, 0.5) is 0 Å². The van der Waals surface area contributed by atoms with Crippen molar-refractivity contribution < 1.29 is 4.79 Å². The fourth-order valence-electron chi connectivity index (χ4n) is 2.91. The lowest BCUT2D eigenvalue weighted by atomic mass is 10.2. The van der Waals surface area contributed by atoms with Crippen molar-refractivity contribution in [3.8, 4) is 0 Å². The van der Waals surface area contributed by atoms with Gasteiger partial charge >= 0.3 is 0 Å². The first-order valence-electron chi connectivity index (χ1n) is 8.06. The van der Waals surface area contributed by atoms with Gasteiger partial charge < -0.3 is 9.88 Å². The normalized spacial score (nSPS) is 11.3. The zero-order valence-electron chi connectivity index (χ0n) is 13.7. The Morgan fingerprint density at radius 3 is 2.96 bits per heavy atom. The lowest BCUT2D eigenvalue weighted by Crippen LogP contribution is -2.34. The summed E-state index contributed by atoms with van der Waals surface area (Å²) in [7, 11) is 0. The van der Waals surface area contributed by atoms with Crippen molar-refractivity contribution in [3.63, 3.8) is 0 Å². The number of rotatable bonds is 5. The number of hydrogen-bond acceptors (Lipinski definition) is 4. The van der Waals surface area contributed by atoms with Gasteiger partial charge in [-0.05, 0) is 29.6 Å². The maximum Gasteiger partial charge on any atom is 0.262 e. The van der Waals surface area contributed by atoms with E-state index in [1.165, 1.54) is 22.2 Å². The Labute approximate surface area is 157 Å². The van der Waals surface area contributed by atoms with Crippen molar-refractivity contribution in [1.82, 2.24) is 19.4 Å². The van der Waals surface area contributed by atoms with E-state index in [1.807, 2.05) is 40.4 Å². The maximum absolute atomic E-state index is 12.3. The third kappa shape index (κ3) is 3.11. The summed E-state index contributed by atoms with van der Waals surface area (Å²) in [6.45, 7) is 1.03. The molecular formula is C18H15ClN4O2S. The number of halogens is 1. The van der Waals surface area contributed by atoms with Crippen LogP contribution in [0.3, 0.4) is 0 Å². The Kier molecular flexibility index (Phi) is 4.48. The summed E-state index contributed by atoms with van der Waals surface area (Å²) in [5.41, 5.74) is 0.826. The number of carbonyl (C=O) groups excluding carboxylic acids is 1. The van der Waals surface area contributed by atoms with Crippen LogP contribution in [-0.2, 0) is 17.9 Å². The molecule has 6 nitrogen and oxygen atoms in total. The first kappa shape index (κ1) is 16.8. The van der Waals surface area contributed by atoms with Crippen molar-refractivity contribution in [2.45, 2.75) is 13.1 Å². The third-order valence-corrected chi connectivity index (χ3v) is 5.35. The number of benzene rings is 1. The van der Waals surface area contributed by atoms with Crippen LogP contribution in [0, 0.1) is 0 Å². The van der Waals surface area contributed by atoms with Gasteiger partial charge in [0.25, 0.3) is 5.56 Å². The smallest absolute Gasteiger partial charge is 0.262 e. The first-order valence-corrected chi connectivity index (χ1v) is 9.32. The second kappa shape index (κ2) is 6.93. The average Bonchev–Trinajstić information content (AvgIpc) is 3.26. The first-order chi connectivity index (χ1) is 12.6. The lowest BCUT2D eigenvalue weighted by Gasteiger charge is -2.09. The Bertz CT molecular complexity index is 1160. The SMILES string of the molecule is O=C(Cn1cnc2sccc2c1=O)NCCn1ccc2c(Cl)cccc21. The Morgan fingerprint density at radius 1 is 1.19 bits per heavy atom. The third-order valence-electron chi connectivity index (χ3n) is 4.20. The van der Waals surface area contributed by atoms with Crippen LogP contribution in [0.1, 0.15) is 0 Å². The Balaban J connectivity index is 1.40. The number of thiophene rings is 1. The summed E-state index contributed by atoms with van der Waals surface area (Å²) in [6.07, 6.45) is 3.36. The lowest BCUT2D eigenvalue weighted by molar-refractivity contribution is -0.121. The number of nitrogens with one attached hydrogen (secondary N) is 1. The standard InChI is InChI=1S/C18H15ClN4O2S/c19-14-2-1-3-15-12(14)4-7-22(15)8-6-20-16(24)10-23-11-21-17-13(18(23)25)5-9-26-17/h1-5,7,9,11H,6,8,10H2,(H,20,24). The quantitative estimate of drug-likeness (QED) is 0.573. The molecule has 0 atom stereocenters. The number of fused-ring (bicyclic) bond motifs is 2. The van der Waals surface area contributed by atoms with E-state index in [0.29, 0.717) is 28.3 Å². The van der Waals surface area contributed by atoms with Crippen LogP contribution in [0.2, 0.25) is 5.02 Å². The summed E-state index contributed by atoms with van der Waals surface area (Å²) in [5, 5.41) is 6.90. The van der Waals surface area contributed by atoms with Gasteiger partial charge in [0.2, 0.25) is 5.91 Å². The maximum atomic E-state index is 12.3. The molecule has 3 aromatic heterocycles. The van der Waals surface area contributed by atoms with Gasteiger partial charge in [0, 0.05) is 35.2 Å². The van der Waals surface area contributed by atoms with Crippen molar-refractivity contribution in [2.75, 3.05) is 6.54 Å². The molecule has 26 heavy (non-hydrogen) atoms. The minimum absolute atomic E-state index is 0.0458. The van der Waals surface area contributed by atoms with Crippen LogP contribution < -0.4 is 10.9 Å². The van der Waals surface area contributed by atoms with E-state index in [-0.39, 0.29) is 18.0 Å². The van der Waals surface area contributed by atoms with Crippen LogP contribution in [0.25, 0.3) is 21.1 Å². The van der Waals surface area contributed by atoms with Gasteiger partial charge in [-0.2, -0.15) is 0 Å². The molecule has 1 N–H and O–H groups in total. The molecule has 132 valence electrons. The predicted octanol–water partition coefficient (Wildman–Crippen LogP) is 2.88. The van der Waals surface area contributed by atoms with E-state index in [1.54, 1.807) is 6.07 Å². The monoisotopic (exact) mass is 386 g/mol. The highest BCUT2D eigenvalue weighted by molar-refractivity contribution is 7.16. The highest BCUT2D eigenvalue weighted by atomic mass is 35.5. The molecule has 1 aromatic carbocycles. The van der Waals surface area contributed by atoms with Gasteiger partial charge in [0.15, 0.2) is 0 Å². The molecule has 0 saturated heterocycles.